The fraction of sp³-hybridized carbons (Fsp3) is 0.250. The van der Waals surface area contributed by atoms with Crippen molar-refractivity contribution in [2.45, 2.75) is 24.1 Å². The summed E-state index contributed by atoms with van der Waals surface area (Å²) in [5, 5.41) is 0.662. The fourth-order valence-corrected chi connectivity index (χ4v) is 3.04. The Morgan fingerprint density at radius 3 is 2.21 bits per heavy atom. The molecule has 0 bridgehead atoms. The van der Waals surface area contributed by atoms with Gasteiger partial charge in [-0.05, 0) is 60.6 Å². The first kappa shape index (κ1) is 14.8. The molecule has 0 saturated carbocycles. The number of hydrogen-bond donors (Lipinski definition) is 0. The lowest BCUT2D eigenvalue weighted by Crippen LogP contribution is -1.97. The number of alkyl halides is 1. The van der Waals surface area contributed by atoms with Crippen LogP contribution in [0.3, 0.4) is 0 Å². The zero-order valence-electron chi connectivity index (χ0n) is 11.2. The number of benzene rings is 2. The third kappa shape index (κ3) is 3.28. The molecule has 0 aromatic heterocycles. The van der Waals surface area contributed by atoms with E-state index in [9.17, 15) is 0 Å². The quantitative estimate of drug-likeness (QED) is 0.494. The zero-order valence-corrected chi connectivity index (χ0v) is 13.5. The summed E-state index contributed by atoms with van der Waals surface area (Å²) in [4.78, 5) is 1.25. The van der Waals surface area contributed by atoms with Gasteiger partial charge < -0.3 is 0 Å². The summed E-state index contributed by atoms with van der Waals surface area (Å²) in [6, 6.07) is 12.5. The Bertz CT molecular complexity index is 576. The summed E-state index contributed by atoms with van der Waals surface area (Å²) >= 11 is 14.5. The fourth-order valence-electron chi connectivity index (χ4n) is 2.03. The zero-order chi connectivity index (χ0) is 14.0. The molecule has 0 radical (unpaired) electrons. The van der Waals surface area contributed by atoms with Crippen molar-refractivity contribution in [1.82, 2.24) is 0 Å². The third-order valence-corrected chi connectivity index (χ3v) is 4.87. The molecular formula is C16H16Cl2S. The maximum absolute atomic E-state index is 6.61. The number of hydrogen-bond acceptors (Lipinski definition) is 1. The van der Waals surface area contributed by atoms with Crippen LogP contribution in [0.15, 0.2) is 41.3 Å². The lowest BCUT2D eigenvalue weighted by atomic mass is 9.98. The molecule has 19 heavy (non-hydrogen) atoms. The summed E-state index contributed by atoms with van der Waals surface area (Å²) < 4.78 is 0. The minimum absolute atomic E-state index is 0.133. The van der Waals surface area contributed by atoms with Crippen LogP contribution in [0.2, 0.25) is 5.02 Å². The molecule has 0 N–H and O–H groups in total. The molecule has 1 atom stereocenters. The first-order valence-corrected chi connectivity index (χ1v) is 8.11. The molecule has 0 amide bonds. The van der Waals surface area contributed by atoms with E-state index in [1.807, 2.05) is 19.9 Å². The predicted molar refractivity (Wildman–Crippen MR) is 86.8 cm³/mol. The van der Waals surface area contributed by atoms with Crippen LogP contribution in [0, 0.1) is 13.8 Å². The van der Waals surface area contributed by atoms with Gasteiger partial charge in [0, 0.05) is 9.92 Å². The summed E-state index contributed by atoms with van der Waals surface area (Å²) in [5.74, 6) is 0. The van der Waals surface area contributed by atoms with Gasteiger partial charge in [0.25, 0.3) is 0 Å². The topological polar surface area (TPSA) is 0 Å². The highest BCUT2D eigenvalue weighted by Gasteiger charge is 2.14. The van der Waals surface area contributed by atoms with E-state index in [1.54, 1.807) is 11.8 Å². The molecule has 0 aliphatic heterocycles. The van der Waals surface area contributed by atoms with Gasteiger partial charge >= 0.3 is 0 Å². The Kier molecular flexibility index (Phi) is 4.83. The summed E-state index contributed by atoms with van der Waals surface area (Å²) in [6.07, 6.45) is 2.07. The third-order valence-electron chi connectivity index (χ3n) is 3.23. The van der Waals surface area contributed by atoms with Gasteiger partial charge in [0.1, 0.15) is 0 Å². The van der Waals surface area contributed by atoms with E-state index in [0.717, 1.165) is 27.3 Å². The molecule has 0 aliphatic rings. The van der Waals surface area contributed by atoms with Crippen LogP contribution >= 0.6 is 35.0 Å². The van der Waals surface area contributed by atoms with Gasteiger partial charge in [-0.25, -0.2) is 0 Å². The van der Waals surface area contributed by atoms with Crippen LogP contribution in [-0.4, -0.2) is 6.26 Å². The van der Waals surface area contributed by atoms with Crippen LogP contribution in [0.1, 0.15) is 27.6 Å². The Morgan fingerprint density at radius 2 is 1.63 bits per heavy atom. The molecule has 0 spiro atoms. The predicted octanol–water partition coefficient (Wildman–Crippen LogP) is 6.01. The van der Waals surface area contributed by atoms with E-state index in [2.05, 4.69) is 36.6 Å². The Hall–Kier alpha value is -0.630. The van der Waals surface area contributed by atoms with Crippen molar-refractivity contribution in [3.63, 3.8) is 0 Å². The van der Waals surface area contributed by atoms with E-state index < -0.39 is 0 Å². The molecule has 2 rings (SSSR count). The smallest absolute Gasteiger partial charge is 0.0838 e. The summed E-state index contributed by atoms with van der Waals surface area (Å²) in [5.41, 5.74) is 4.43. The standard InChI is InChI=1S/C16H16Cl2S/c1-10-9-15(17)11(2)8-14(10)16(18)12-4-6-13(19-3)7-5-12/h4-9,16H,1-3H3. The van der Waals surface area contributed by atoms with Crippen molar-refractivity contribution in [3.8, 4) is 0 Å². The van der Waals surface area contributed by atoms with Crippen molar-refractivity contribution in [3.05, 3.63) is 63.7 Å². The molecular weight excluding hydrogens is 295 g/mol. The number of halogens is 2. The molecule has 2 aromatic rings. The van der Waals surface area contributed by atoms with E-state index in [4.69, 9.17) is 23.2 Å². The van der Waals surface area contributed by atoms with Gasteiger partial charge in [-0.2, -0.15) is 0 Å². The minimum atomic E-state index is -0.133. The second kappa shape index (κ2) is 6.21. The molecule has 0 nitrogen and oxygen atoms in total. The van der Waals surface area contributed by atoms with Crippen LogP contribution in [0.5, 0.6) is 0 Å². The van der Waals surface area contributed by atoms with Crippen molar-refractivity contribution in [2.75, 3.05) is 6.26 Å². The van der Waals surface area contributed by atoms with E-state index in [1.165, 1.54) is 4.90 Å². The van der Waals surface area contributed by atoms with Crippen LogP contribution in [-0.2, 0) is 0 Å². The Balaban J connectivity index is 2.37. The van der Waals surface area contributed by atoms with Crippen LogP contribution < -0.4 is 0 Å². The Morgan fingerprint density at radius 1 is 1.00 bits per heavy atom. The van der Waals surface area contributed by atoms with E-state index in [-0.39, 0.29) is 5.38 Å². The van der Waals surface area contributed by atoms with Crippen molar-refractivity contribution >= 4 is 35.0 Å². The maximum Gasteiger partial charge on any atom is 0.0838 e. The number of rotatable bonds is 3. The molecule has 0 aliphatic carbocycles. The second-order valence-electron chi connectivity index (χ2n) is 4.59. The van der Waals surface area contributed by atoms with Crippen molar-refractivity contribution in [1.29, 1.82) is 0 Å². The first-order valence-electron chi connectivity index (χ1n) is 6.07. The molecule has 0 heterocycles. The molecule has 3 heteroatoms. The molecule has 100 valence electrons. The van der Waals surface area contributed by atoms with Gasteiger partial charge in [-0.15, -0.1) is 23.4 Å². The largest absolute Gasteiger partial charge is 0.130 e. The average molecular weight is 311 g/mol. The molecule has 1 unspecified atom stereocenters. The van der Waals surface area contributed by atoms with Gasteiger partial charge in [0.05, 0.1) is 5.38 Å². The van der Waals surface area contributed by atoms with Crippen LogP contribution in [0.4, 0.5) is 0 Å². The van der Waals surface area contributed by atoms with Gasteiger partial charge in [-0.3, -0.25) is 0 Å². The van der Waals surface area contributed by atoms with Crippen molar-refractivity contribution in [2.24, 2.45) is 0 Å². The lowest BCUT2D eigenvalue weighted by molar-refractivity contribution is 1.10. The van der Waals surface area contributed by atoms with Gasteiger partial charge in [-0.1, -0.05) is 29.8 Å². The summed E-state index contributed by atoms with van der Waals surface area (Å²) in [7, 11) is 0. The second-order valence-corrected chi connectivity index (χ2v) is 6.32. The Labute approximate surface area is 129 Å². The van der Waals surface area contributed by atoms with Crippen LogP contribution in [0.25, 0.3) is 0 Å². The lowest BCUT2D eigenvalue weighted by Gasteiger charge is -2.15. The SMILES string of the molecule is CSc1ccc(C(Cl)c2cc(C)c(Cl)cc2C)cc1. The number of thioether (sulfide) groups is 1. The highest BCUT2D eigenvalue weighted by molar-refractivity contribution is 7.98. The van der Waals surface area contributed by atoms with Gasteiger partial charge in [0.2, 0.25) is 0 Å². The van der Waals surface area contributed by atoms with Crippen molar-refractivity contribution < 1.29 is 0 Å². The maximum atomic E-state index is 6.61. The van der Waals surface area contributed by atoms with Gasteiger partial charge in [0.15, 0.2) is 0 Å². The molecule has 0 fully saturated rings. The van der Waals surface area contributed by atoms with E-state index in [0.29, 0.717) is 0 Å². The molecule has 2 aromatic carbocycles. The minimum Gasteiger partial charge on any atom is -0.130 e. The first-order chi connectivity index (χ1) is 9.02. The highest BCUT2D eigenvalue weighted by atomic mass is 35.5. The average Bonchev–Trinajstić information content (AvgIpc) is 2.42. The number of aryl methyl sites for hydroxylation is 2. The molecule has 0 saturated heterocycles. The summed E-state index contributed by atoms with van der Waals surface area (Å²) in [6.45, 7) is 4.05. The highest BCUT2D eigenvalue weighted by Crippen LogP contribution is 2.34. The van der Waals surface area contributed by atoms with E-state index >= 15 is 0 Å². The monoisotopic (exact) mass is 310 g/mol. The normalized spacial score (nSPS) is 12.5.